The second-order valence-electron chi connectivity index (χ2n) is 6.26. The van der Waals surface area contributed by atoms with Gasteiger partial charge in [0.15, 0.2) is 34.8 Å². The Labute approximate surface area is 183 Å². The molecule has 0 radical (unpaired) electrons. The highest BCUT2D eigenvalue weighted by Crippen LogP contribution is 2.35. The molecule has 0 unspecified atom stereocenters. The smallest absolute Gasteiger partial charge is 0.266 e. The molecule has 0 spiro atoms. The number of rotatable bonds is 6. The molecule has 1 saturated heterocycles. The number of thioether (sulfide) groups is 1. The van der Waals surface area contributed by atoms with E-state index in [1.807, 2.05) is 0 Å². The van der Waals surface area contributed by atoms with Crippen LogP contribution in [0.15, 0.2) is 23.1 Å². The quantitative estimate of drug-likeness (QED) is 0.197. The van der Waals surface area contributed by atoms with Crippen molar-refractivity contribution in [3.05, 3.63) is 63.3 Å². The van der Waals surface area contributed by atoms with E-state index in [1.54, 1.807) is 18.2 Å². The standard InChI is InChI=1S/C20H14F5NO3S2/c1-28-11-4-3-9(7-12(11)29-2)5-6-26-19(27)13(31-20(26)30)8-10-14(21)16(23)18(25)17(24)15(10)22/h3-4,7-8H,5-6H2,1-2H3/b13-8+. The molecule has 164 valence electrons. The second-order valence-corrected chi connectivity index (χ2v) is 7.93. The minimum Gasteiger partial charge on any atom is -0.493 e. The van der Waals surface area contributed by atoms with Gasteiger partial charge in [-0.1, -0.05) is 30.0 Å². The molecule has 0 bridgehead atoms. The molecule has 1 heterocycles. The Hall–Kier alpha value is -2.66. The van der Waals surface area contributed by atoms with Gasteiger partial charge in [-0.2, -0.15) is 0 Å². The summed E-state index contributed by atoms with van der Waals surface area (Å²) in [5, 5.41) is 0. The monoisotopic (exact) mass is 475 g/mol. The molecule has 2 aromatic rings. The number of benzene rings is 2. The summed E-state index contributed by atoms with van der Waals surface area (Å²) >= 11 is 5.85. The van der Waals surface area contributed by atoms with Crippen LogP contribution >= 0.6 is 24.0 Å². The molecule has 2 aromatic carbocycles. The molecule has 3 rings (SSSR count). The van der Waals surface area contributed by atoms with Gasteiger partial charge in [-0.05, 0) is 30.2 Å². The van der Waals surface area contributed by atoms with Crippen LogP contribution in [0.1, 0.15) is 11.1 Å². The third kappa shape index (κ3) is 4.38. The van der Waals surface area contributed by atoms with E-state index in [2.05, 4.69) is 0 Å². The van der Waals surface area contributed by atoms with Gasteiger partial charge in [-0.15, -0.1) is 0 Å². The fraction of sp³-hybridized carbons (Fsp3) is 0.200. The lowest BCUT2D eigenvalue weighted by Crippen LogP contribution is -2.30. The number of halogens is 5. The number of thiocarbonyl (C=S) groups is 1. The zero-order valence-electron chi connectivity index (χ0n) is 16.1. The fourth-order valence-electron chi connectivity index (χ4n) is 2.85. The Balaban J connectivity index is 1.82. The van der Waals surface area contributed by atoms with Crippen LogP contribution in [-0.4, -0.2) is 35.9 Å². The highest BCUT2D eigenvalue weighted by atomic mass is 32.2. The zero-order chi connectivity index (χ0) is 22.9. The third-order valence-corrected chi connectivity index (χ3v) is 5.84. The van der Waals surface area contributed by atoms with Crippen molar-refractivity contribution in [3.63, 3.8) is 0 Å². The molecule has 1 aliphatic rings. The fourth-order valence-corrected chi connectivity index (χ4v) is 4.14. The number of methoxy groups -OCH3 is 2. The first-order chi connectivity index (χ1) is 14.7. The van der Waals surface area contributed by atoms with Crippen molar-refractivity contribution < 1.29 is 36.2 Å². The van der Waals surface area contributed by atoms with Crippen LogP contribution in [0.4, 0.5) is 22.0 Å². The molecule has 1 aliphatic heterocycles. The molecule has 31 heavy (non-hydrogen) atoms. The van der Waals surface area contributed by atoms with E-state index in [-0.39, 0.29) is 15.8 Å². The number of hydrogen-bond donors (Lipinski definition) is 0. The lowest BCUT2D eigenvalue weighted by Gasteiger charge is -2.15. The highest BCUT2D eigenvalue weighted by Gasteiger charge is 2.33. The van der Waals surface area contributed by atoms with Crippen molar-refractivity contribution >= 4 is 40.3 Å². The van der Waals surface area contributed by atoms with E-state index in [0.29, 0.717) is 35.8 Å². The van der Waals surface area contributed by atoms with Crippen molar-refractivity contribution in [1.29, 1.82) is 0 Å². The molecule has 0 N–H and O–H groups in total. The largest absolute Gasteiger partial charge is 0.493 e. The van der Waals surface area contributed by atoms with Gasteiger partial charge in [0.1, 0.15) is 4.32 Å². The van der Waals surface area contributed by atoms with Gasteiger partial charge >= 0.3 is 0 Å². The van der Waals surface area contributed by atoms with Crippen LogP contribution in [0.2, 0.25) is 0 Å². The molecule has 1 fully saturated rings. The minimum absolute atomic E-state index is 0.0978. The second kappa shape index (κ2) is 9.23. The third-order valence-electron chi connectivity index (χ3n) is 4.46. The van der Waals surface area contributed by atoms with Crippen LogP contribution in [0.3, 0.4) is 0 Å². The maximum absolute atomic E-state index is 13.9. The summed E-state index contributed by atoms with van der Waals surface area (Å²) in [6, 6.07) is 5.19. The van der Waals surface area contributed by atoms with Crippen molar-refractivity contribution in [1.82, 2.24) is 4.90 Å². The average molecular weight is 475 g/mol. The number of ether oxygens (including phenoxy) is 2. The summed E-state index contributed by atoms with van der Waals surface area (Å²) in [7, 11) is 2.97. The first kappa shape index (κ1) is 23.0. The predicted molar refractivity (Wildman–Crippen MR) is 109 cm³/mol. The Morgan fingerprint density at radius 2 is 1.55 bits per heavy atom. The predicted octanol–water partition coefficient (Wildman–Crippen LogP) is 4.84. The molecule has 0 aliphatic carbocycles. The first-order valence-corrected chi connectivity index (χ1v) is 9.89. The number of carbonyl (C=O) groups is 1. The van der Waals surface area contributed by atoms with Crippen LogP contribution in [-0.2, 0) is 11.2 Å². The van der Waals surface area contributed by atoms with Gasteiger partial charge in [0.05, 0.1) is 24.7 Å². The van der Waals surface area contributed by atoms with E-state index in [1.165, 1.54) is 19.1 Å². The molecule has 0 saturated carbocycles. The van der Waals surface area contributed by atoms with E-state index >= 15 is 0 Å². The number of amides is 1. The molecular formula is C20H14F5NO3S2. The lowest BCUT2D eigenvalue weighted by atomic mass is 10.1. The summed E-state index contributed by atoms with van der Waals surface area (Å²) in [5.74, 6) is -10.2. The number of nitrogens with zero attached hydrogens (tertiary/aromatic N) is 1. The topological polar surface area (TPSA) is 38.8 Å². The Morgan fingerprint density at radius 3 is 2.13 bits per heavy atom. The normalized spacial score (nSPS) is 15.2. The summed E-state index contributed by atoms with van der Waals surface area (Å²) in [5.41, 5.74) is -0.396. The molecule has 0 aromatic heterocycles. The average Bonchev–Trinajstić information content (AvgIpc) is 3.04. The van der Waals surface area contributed by atoms with Gasteiger partial charge in [0.25, 0.3) is 5.91 Å². The van der Waals surface area contributed by atoms with Crippen molar-refractivity contribution in [2.45, 2.75) is 6.42 Å². The van der Waals surface area contributed by atoms with Crippen LogP contribution < -0.4 is 9.47 Å². The van der Waals surface area contributed by atoms with E-state index < -0.39 is 40.6 Å². The van der Waals surface area contributed by atoms with Gasteiger partial charge in [-0.25, -0.2) is 22.0 Å². The lowest BCUT2D eigenvalue weighted by molar-refractivity contribution is -0.122. The van der Waals surface area contributed by atoms with E-state index in [9.17, 15) is 26.7 Å². The highest BCUT2D eigenvalue weighted by molar-refractivity contribution is 8.26. The number of carbonyl (C=O) groups excluding carboxylic acids is 1. The van der Waals surface area contributed by atoms with Crippen molar-refractivity contribution in [2.24, 2.45) is 0 Å². The van der Waals surface area contributed by atoms with Gasteiger partial charge in [0.2, 0.25) is 5.82 Å². The summed E-state index contributed by atoms with van der Waals surface area (Å²) in [6.45, 7) is 0.134. The van der Waals surface area contributed by atoms with Crippen LogP contribution in [0.25, 0.3) is 6.08 Å². The zero-order valence-corrected chi connectivity index (χ0v) is 17.7. The molecular weight excluding hydrogens is 461 g/mol. The number of hydrogen-bond acceptors (Lipinski definition) is 5. The Morgan fingerprint density at radius 1 is 0.968 bits per heavy atom. The molecule has 1 amide bonds. The van der Waals surface area contributed by atoms with Gasteiger partial charge in [-0.3, -0.25) is 9.69 Å². The van der Waals surface area contributed by atoms with E-state index in [0.717, 1.165) is 5.56 Å². The molecule has 4 nitrogen and oxygen atoms in total. The minimum atomic E-state index is -2.27. The Bertz CT molecular complexity index is 1080. The van der Waals surface area contributed by atoms with Gasteiger partial charge < -0.3 is 9.47 Å². The molecule has 11 heteroatoms. The van der Waals surface area contributed by atoms with Crippen LogP contribution in [0, 0.1) is 29.1 Å². The summed E-state index contributed by atoms with van der Waals surface area (Å²) in [6.07, 6.45) is 0.981. The van der Waals surface area contributed by atoms with Crippen molar-refractivity contribution in [3.8, 4) is 11.5 Å². The molecule has 0 atom stereocenters. The van der Waals surface area contributed by atoms with E-state index in [4.69, 9.17) is 21.7 Å². The first-order valence-electron chi connectivity index (χ1n) is 8.67. The maximum atomic E-state index is 13.9. The SMILES string of the molecule is COc1ccc(CCN2C(=O)/C(=C\c3c(F)c(F)c(F)c(F)c3F)SC2=S)cc1OC. The maximum Gasteiger partial charge on any atom is 0.266 e. The summed E-state index contributed by atoms with van der Waals surface area (Å²) in [4.78, 5) is 13.6. The van der Waals surface area contributed by atoms with Crippen LogP contribution in [0.5, 0.6) is 11.5 Å². The van der Waals surface area contributed by atoms with Crippen molar-refractivity contribution in [2.75, 3.05) is 20.8 Å². The van der Waals surface area contributed by atoms with Gasteiger partial charge in [0, 0.05) is 6.54 Å². The summed E-state index contributed by atoms with van der Waals surface area (Å²) < 4.78 is 78.4. The Kier molecular flexibility index (Phi) is 6.85.